The normalized spacial score (nSPS) is 10.5. The smallest absolute Gasteiger partial charge is 0.323 e. The van der Waals surface area contributed by atoms with Gasteiger partial charge in [0.15, 0.2) is 0 Å². The van der Waals surface area contributed by atoms with Crippen LogP contribution in [0.5, 0.6) is 0 Å². The number of nitrogens with one attached hydrogen (secondary N) is 4. The molecule has 7 nitrogen and oxygen atoms in total. The number of fused-ring (bicyclic) bond motifs is 1. The van der Waals surface area contributed by atoms with Gasteiger partial charge in [-0.1, -0.05) is 12.1 Å². The predicted octanol–water partition coefficient (Wildman–Crippen LogP) is 1.15. The van der Waals surface area contributed by atoms with E-state index in [1.165, 1.54) is 0 Å². The van der Waals surface area contributed by atoms with Crippen LogP contribution in [-0.4, -0.2) is 28.8 Å². The quantitative estimate of drug-likeness (QED) is 0.578. The first-order valence-corrected chi connectivity index (χ1v) is 7.38. The van der Waals surface area contributed by atoms with Crippen LogP contribution in [0.1, 0.15) is 26.3 Å². The predicted molar refractivity (Wildman–Crippen MR) is 89.9 cm³/mol. The molecule has 7 heteroatoms. The molecular weight excluding hydrogens is 308 g/mol. The Morgan fingerprint density at radius 2 is 1.71 bits per heavy atom. The summed E-state index contributed by atoms with van der Waals surface area (Å²) < 4.78 is 0. The van der Waals surface area contributed by atoms with Crippen LogP contribution in [0.25, 0.3) is 11.0 Å². The van der Waals surface area contributed by atoms with E-state index in [2.05, 4.69) is 20.6 Å². The maximum Gasteiger partial charge on any atom is 0.323 e. The molecule has 0 spiro atoms. The van der Waals surface area contributed by atoms with E-state index in [0.717, 1.165) is 5.56 Å². The third-order valence-corrected chi connectivity index (χ3v) is 3.65. The molecule has 0 aliphatic heterocycles. The van der Waals surface area contributed by atoms with Crippen molar-refractivity contribution in [1.82, 2.24) is 20.6 Å². The lowest BCUT2D eigenvalue weighted by Crippen LogP contribution is -2.23. The van der Waals surface area contributed by atoms with Crippen LogP contribution < -0.4 is 16.3 Å². The molecule has 2 amide bonds. The molecule has 2 aromatic carbocycles. The van der Waals surface area contributed by atoms with E-state index in [9.17, 15) is 14.4 Å². The van der Waals surface area contributed by atoms with Gasteiger partial charge >= 0.3 is 5.69 Å². The first kappa shape index (κ1) is 15.5. The summed E-state index contributed by atoms with van der Waals surface area (Å²) in [5, 5.41) is 5.36. The first-order chi connectivity index (χ1) is 11.6. The zero-order valence-corrected chi connectivity index (χ0v) is 13.0. The summed E-state index contributed by atoms with van der Waals surface area (Å²) >= 11 is 0. The Kier molecular flexibility index (Phi) is 4.15. The SMILES string of the molecule is CNC(=O)c1cccc(CNC(=O)c2ccc3[nH]c(=O)[nH]c3c2)c1. The molecule has 122 valence electrons. The standard InChI is InChI=1S/C17H16N4O3/c1-18-15(22)11-4-2-3-10(7-11)9-19-16(23)12-5-6-13-14(8-12)21-17(24)20-13/h2-8H,9H2,1H3,(H,18,22)(H,19,23)(H2,20,21,24). The Morgan fingerprint density at radius 3 is 2.50 bits per heavy atom. The number of imidazole rings is 1. The maximum atomic E-state index is 12.3. The Bertz CT molecular complexity index is 971. The fourth-order valence-corrected chi connectivity index (χ4v) is 2.43. The molecule has 3 rings (SSSR count). The van der Waals surface area contributed by atoms with Crippen molar-refractivity contribution in [3.05, 3.63) is 69.6 Å². The lowest BCUT2D eigenvalue weighted by molar-refractivity contribution is 0.0948. The summed E-state index contributed by atoms with van der Waals surface area (Å²) in [6, 6.07) is 12.0. The highest BCUT2D eigenvalue weighted by Gasteiger charge is 2.09. The average Bonchev–Trinajstić information content (AvgIpc) is 2.98. The highest BCUT2D eigenvalue weighted by atomic mass is 16.2. The highest BCUT2D eigenvalue weighted by molar-refractivity contribution is 5.97. The third-order valence-electron chi connectivity index (χ3n) is 3.65. The minimum Gasteiger partial charge on any atom is -0.355 e. The fraction of sp³-hybridized carbons (Fsp3) is 0.118. The minimum absolute atomic E-state index is 0.176. The number of aromatic amines is 2. The number of hydrogen-bond donors (Lipinski definition) is 4. The van der Waals surface area contributed by atoms with Crippen molar-refractivity contribution in [3.63, 3.8) is 0 Å². The van der Waals surface area contributed by atoms with E-state index in [1.807, 2.05) is 6.07 Å². The molecule has 1 aromatic heterocycles. The van der Waals surface area contributed by atoms with Gasteiger partial charge < -0.3 is 20.6 Å². The number of aromatic nitrogens is 2. The summed E-state index contributed by atoms with van der Waals surface area (Å²) in [5.41, 5.74) is 2.72. The van der Waals surface area contributed by atoms with Crippen molar-refractivity contribution in [2.45, 2.75) is 6.54 Å². The minimum atomic E-state index is -0.312. The van der Waals surface area contributed by atoms with Gasteiger partial charge in [-0.05, 0) is 35.9 Å². The van der Waals surface area contributed by atoms with Crippen LogP contribution >= 0.6 is 0 Å². The summed E-state index contributed by atoms with van der Waals surface area (Å²) in [6.45, 7) is 0.297. The van der Waals surface area contributed by atoms with E-state index < -0.39 is 0 Å². The Hall–Kier alpha value is -3.35. The molecule has 24 heavy (non-hydrogen) atoms. The number of H-pyrrole nitrogens is 2. The zero-order valence-electron chi connectivity index (χ0n) is 13.0. The van der Waals surface area contributed by atoms with Crippen LogP contribution in [0.2, 0.25) is 0 Å². The van der Waals surface area contributed by atoms with Gasteiger partial charge in [0.2, 0.25) is 0 Å². The monoisotopic (exact) mass is 324 g/mol. The molecule has 0 aliphatic carbocycles. The second kappa shape index (κ2) is 6.41. The summed E-state index contributed by atoms with van der Waals surface area (Å²) in [6.07, 6.45) is 0. The largest absolute Gasteiger partial charge is 0.355 e. The first-order valence-electron chi connectivity index (χ1n) is 7.38. The summed E-state index contributed by atoms with van der Waals surface area (Å²) in [5.74, 6) is -0.436. The van der Waals surface area contributed by atoms with E-state index in [4.69, 9.17) is 0 Å². The highest BCUT2D eigenvalue weighted by Crippen LogP contribution is 2.11. The summed E-state index contributed by atoms with van der Waals surface area (Å²) in [7, 11) is 1.57. The average molecular weight is 324 g/mol. The third kappa shape index (κ3) is 3.19. The van der Waals surface area contributed by atoms with E-state index in [-0.39, 0.29) is 17.5 Å². The molecular formula is C17H16N4O3. The van der Waals surface area contributed by atoms with Crippen molar-refractivity contribution in [1.29, 1.82) is 0 Å². The number of carbonyl (C=O) groups excluding carboxylic acids is 2. The second-order valence-electron chi connectivity index (χ2n) is 5.30. The van der Waals surface area contributed by atoms with Gasteiger partial charge in [0, 0.05) is 24.7 Å². The molecule has 0 aliphatic rings. The molecule has 0 saturated carbocycles. The van der Waals surface area contributed by atoms with Crippen LogP contribution in [0.4, 0.5) is 0 Å². The van der Waals surface area contributed by atoms with Crippen LogP contribution in [0.15, 0.2) is 47.3 Å². The zero-order chi connectivity index (χ0) is 17.1. The number of rotatable bonds is 4. The van der Waals surface area contributed by atoms with Gasteiger partial charge in [0.05, 0.1) is 11.0 Å². The molecule has 0 atom stereocenters. The van der Waals surface area contributed by atoms with Gasteiger partial charge in [-0.25, -0.2) is 4.79 Å². The van der Waals surface area contributed by atoms with Crippen LogP contribution in [-0.2, 0) is 6.54 Å². The Morgan fingerprint density at radius 1 is 0.958 bits per heavy atom. The Balaban J connectivity index is 1.72. The molecule has 0 unspecified atom stereocenters. The summed E-state index contributed by atoms with van der Waals surface area (Å²) in [4.78, 5) is 40.4. The number of carbonyl (C=O) groups is 2. The van der Waals surface area contributed by atoms with Crippen molar-refractivity contribution < 1.29 is 9.59 Å². The van der Waals surface area contributed by atoms with Crippen molar-refractivity contribution in [2.24, 2.45) is 0 Å². The van der Waals surface area contributed by atoms with Crippen LogP contribution in [0.3, 0.4) is 0 Å². The number of hydrogen-bond acceptors (Lipinski definition) is 3. The van der Waals surface area contributed by atoms with Crippen molar-refractivity contribution >= 4 is 22.8 Å². The molecule has 3 aromatic rings. The molecule has 0 bridgehead atoms. The number of amides is 2. The van der Waals surface area contributed by atoms with Crippen LogP contribution in [0, 0.1) is 0 Å². The van der Waals surface area contributed by atoms with Gasteiger partial charge in [-0.15, -0.1) is 0 Å². The van der Waals surface area contributed by atoms with Gasteiger partial charge in [0.25, 0.3) is 11.8 Å². The van der Waals surface area contributed by atoms with E-state index in [1.54, 1.807) is 43.4 Å². The maximum absolute atomic E-state index is 12.3. The second-order valence-corrected chi connectivity index (χ2v) is 5.30. The van der Waals surface area contributed by atoms with E-state index >= 15 is 0 Å². The lowest BCUT2D eigenvalue weighted by atomic mass is 10.1. The van der Waals surface area contributed by atoms with Gasteiger partial charge in [0.1, 0.15) is 0 Å². The fourth-order valence-electron chi connectivity index (χ4n) is 2.43. The van der Waals surface area contributed by atoms with Crippen molar-refractivity contribution in [2.75, 3.05) is 7.05 Å². The van der Waals surface area contributed by atoms with Gasteiger partial charge in [-0.3, -0.25) is 9.59 Å². The molecule has 0 radical (unpaired) electrons. The molecule has 1 heterocycles. The Labute approximate surface area is 137 Å². The molecule has 0 saturated heterocycles. The lowest BCUT2D eigenvalue weighted by Gasteiger charge is -2.07. The number of benzene rings is 2. The van der Waals surface area contributed by atoms with E-state index in [0.29, 0.717) is 28.7 Å². The van der Waals surface area contributed by atoms with Crippen molar-refractivity contribution in [3.8, 4) is 0 Å². The molecule has 4 N–H and O–H groups in total. The topological polar surface area (TPSA) is 107 Å². The molecule has 0 fully saturated rings. The van der Waals surface area contributed by atoms with Gasteiger partial charge in [-0.2, -0.15) is 0 Å².